The summed E-state index contributed by atoms with van der Waals surface area (Å²) < 4.78 is 42.6. The van der Waals surface area contributed by atoms with Crippen molar-refractivity contribution in [1.29, 1.82) is 0 Å². The topological polar surface area (TPSA) is 9.23 Å². The molecule has 2 heterocycles. The molecule has 0 amide bonds. The van der Waals surface area contributed by atoms with Gasteiger partial charge in [-0.3, -0.25) is 0 Å². The molecule has 1 nitrogen and oxygen atoms in total. The second-order valence-electron chi connectivity index (χ2n) is 3.05. The van der Waals surface area contributed by atoms with Gasteiger partial charge in [0.05, 0.1) is 13.2 Å². The summed E-state index contributed by atoms with van der Waals surface area (Å²) in [6.07, 6.45) is -4.20. The van der Waals surface area contributed by atoms with Gasteiger partial charge in [0, 0.05) is 4.88 Å². The Hall–Kier alpha value is -0.550. The van der Waals surface area contributed by atoms with Gasteiger partial charge in [-0.2, -0.15) is 13.2 Å². The molecule has 13 heavy (non-hydrogen) atoms. The zero-order valence-electron chi connectivity index (χ0n) is 6.60. The van der Waals surface area contributed by atoms with Crippen LogP contribution in [0.2, 0.25) is 0 Å². The lowest BCUT2D eigenvalue weighted by Gasteiger charge is -2.41. The molecular weight excluding hydrogens is 201 g/mol. The number of alkyl halides is 3. The molecule has 1 aromatic heterocycles. The van der Waals surface area contributed by atoms with Crippen molar-refractivity contribution in [1.82, 2.24) is 0 Å². The molecule has 0 aromatic carbocycles. The van der Waals surface area contributed by atoms with E-state index in [1.807, 2.05) is 0 Å². The standard InChI is InChI=1S/C8H7F3OS/c9-8(10,11)7(4-12-5-7)6-2-1-3-13-6/h1-3H,4-5H2. The van der Waals surface area contributed by atoms with E-state index in [0.29, 0.717) is 4.88 Å². The first kappa shape index (κ1) is 9.02. The normalized spacial score (nSPS) is 21.2. The summed E-state index contributed by atoms with van der Waals surface area (Å²) in [5, 5.41) is 1.65. The molecule has 1 saturated heterocycles. The van der Waals surface area contributed by atoms with Gasteiger partial charge in [0.15, 0.2) is 0 Å². The minimum absolute atomic E-state index is 0.239. The Labute approximate surface area is 77.1 Å². The third-order valence-electron chi connectivity index (χ3n) is 2.23. The number of rotatable bonds is 1. The maximum atomic E-state index is 12.6. The van der Waals surface area contributed by atoms with Gasteiger partial charge >= 0.3 is 6.18 Å². The Kier molecular flexibility index (Phi) is 1.89. The van der Waals surface area contributed by atoms with E-state index in [0.717, 1.165) is 11.3 Å². The number of halogens is 3. The fraction of sp³-hybridized carbons (Fsp3) is 0.500. The fourth-order valence-corrected chi connectivity index (χ4v) is 2.22. The molecule has 2 rings (SSSR count). The van der Waals surface area contributed by atoms with Gasteiger partial charge in [0.25, 0.3) is 0 Å². The molecule has 0 saturated carbocycles. The lowest BCUT2D eigenvalue weighted by atomic mass is 9.83. The largest absolute Gasteiger partial charge is 0.403 e. The second-order valence-corrected chi connectivity index (χ2v) is 4.00. The highest BCUT2D eigenvalue weighted by Gasteiger charge is 2.61. The van der Waals surface area contributed by atoms with E-state index in [1.165, 1.54) is 6.07 Å². The molecule has 1 aromatic rings. The molecule has 0 unspecified atom stereocenters. The molecule has 0 radical (unpaired) electrons. The lowest BCUT2D eigenvalue weighted by Crippen LogP contribution is -2.56. The lowest BCUT2D eigenvalue weighted by molar-refractivity contribution is -0.260. The molecule has 0 aliphatic carbocycles. The van der Waals surface area contributed by atoms with Crippen LogP contribution >= 0.6 is 11.3 Å². The van der Waals surface area contributed by atoms with E-state index in [1.54, 1.807) is 11.4 Å². The Morgan fingerprint density at radius 2 is 2.08 bits per heavy atom. The van der Waals surface area contributed by atoms with E-state index in [-0.39, 0.29) is 13.2 Å². The smallest absolute Gasteiger partial charge is 0.379 e. The zero-order chi connectivity index (χ0) is 9.53. The van der Waals surface area contributed by atoms with Crippen molar-refractivity contribution < 1.29 is 17.9 Å². The van der Waals surface area contributed by atoms with Crippen LogP contribution in [0.3, 0.4) is 0 Å². The van der Waals surface area contributed by atoms with Crippen LogP contribution in [0, 0.1) is 0 Å². The van der Waals surface area contributed by atoms with Crippen molar-refractivity contribution in [3.63, 3.8) is 0 Å². The first-order chi connectivity index (χ1) is 6.06. The van der Waals surface area contributed by atoms with Gasteiger partial charge in [0.2, 0.25) is 0 Å². The first-order valence-electron chi connectivity index (χ1n) is 3.75. The Balaban J connectivity index is 2.37. The molecule has 0 bridgehead atoms. The number of ether oxygens (including phenoxy) is 1. The zero-order valence-corrected chi connectivity index (χ0v) is 7.41. The van der Waals surface area contributed by atoms with Crippen LogP contribution in [0.15, 0.2) is 17.5 Å². The van der Waals surface area contributed by atoms with Crippen LogP contribution < -0.4 is 0 Å². The Morgan fingerprint density at radius 3 is 2.38 bits per heavy atom. The summed E-state index contributed by atoms with van der Waals surface area (Å²) in [5.41, 5.74) is -1.72. The molecule has 5 heteroatoms. The summed E-state index contributed by atoms with van der Waals surface area (Å²) in [4.78, 5) is 0.353. The quantitative estimate of drug-likeness (QED) is 0.689. The van der Waals surface area contributed by atoms with Crippen LogP contribution in [0.1, 0.15) is 4.88 Å². The minimum Gasteiger partial charge on any atom is -0.379 e. The average Bonchev–Trinajstić information content (AvgIpc) is 2.32. The predicted octanol–water partition coefficient (Wildman–Crippen LogP) is 2.58. The summed E-state index contributed by atoms with van der Waals surface area (Å²) in [7, 11) is 0. The van der Waals surface area contributed by atoms with Gasteiger partial charge in [-0.05, 0) is 11.4 Å². The maximum absolute atomic E-state index is 12.6. The number of thiophene rings is 1. The van der Waals surface area contributed by atoms with E-state index in [9.17, 15) is 13.2 Å². The van der Waals surface area contributed by atoms with Crippen LogP contribution in [-0.4, -0.2) is 19.4 Å². The number of hydrogen-bond acceptors (Lipinski definition) is 2. The monoisotopic (exact) mass is 208 g/mol. The molecule has 1 aliphatic rings. The van der Waals surface area contributed by atoms with Gasteiger partial charge in [-0.1, -0.05) is 6.07 Å². The van der Waals surface area contributed by atoms with Crippen molar-refractivity contribution in [3.8, 4) is 0 Å². The van der Waals surface area contributed by atoms with Crippen LogP contribution in [0.4, 0.5) is 13.2 Å². The Morgan fingerprint density at radius 1 is 1.38 bits per heavy atom. The molecular formula is C8H7F3OS. The van der Waals surface area contributed by atoms with E-state index in [2.05, 4.69) is 4.74 Å². The summed E-state index contributed by atoms with van der Waals surface area (Å²) in [6, 6.07) is 3.15. The molecule has 0 spiro atoms. The molecule has 72 valence electrons. The van der Waals surface area contributed by atoms with Gasteiger partial charge in [-0.15, -0.1) is 11.3 Å². The summed E-state index contributed by atoms with van der Waals surface area (Å²) >= 11 is 1.13. The highest BCUT2D eigenvalue weighted by molar-refractivity contribution is 7.10. The summed E-state index contributed by atoms with van der Waals surface area (Å²) in [6.45, 7) is -0.478. The molecule has 1 fully saturated rings. The van der Waals surface area contributed by atoms with Crippen LogP contribution in [0.5, 0.6) is 0 Å². The van der Waals surface area contributed by atoms with Crippen LogP contribution in [-0.2, 0) is 10.2 Å². The third-order valence-corrected chi connectivity index (χ3v) is 3.31. The third kappa shape index (κ3) is 1.18. The van der Waals surface area contributed by atoms with E-state index >= 15 is 0 Å². The average molecular weight is 208 g/mol. The SMILES string of the molecule is FC(F)(F)C1(c2cccs2)COC1. The second kappa shape index (κ2) is 2.72. The number of hydrogen-bond donors (Lipinski definition) is 0. The highest BCUT2D eigenvalue weighted by Crippen LogP contribution is 2.47. The predicted molar refractivity (Wildman–Crippen MR) is 42.9 cm³/mol. The first-order valence-corrected chi connectivity index (χ1v) is 4.63. The van der Waals surface area contributed by atoms with Gasteiger partial charge in [0.1, 0.15) is 5.41 Å². The summed E-state index contributed by atoms with van der Waals surface area (Å²) in [5.74, 6) is 0. The highest BCUT2D eigenvalue weighted by atomic mass is 32.1. The fourth-order valence-electron chi connectivity index (χ4n) is 1.30. The van der Waals surface area contributed by atoms with Crippen LogP contribution in [0.25, 0.3) is 0 Å². The van der Waals surface area contributed by atoms with Crippen molar-refractivity contribution in [2.24, 2.45) is 0 Å². The van der Waals surface area contributed by atoms with Crippen molar-refractivity contribution in [2.45, 2.75) is 11.6 Å². The van der Waals surface area contributed by atoms with E-state index in [4.69, 9.17) is 0 Å². The molecule has 0 atom stereocenters. The minimum atomic E-state index is -4.20. The van der Waals surface area contributed by atoms with Gasteiger partial charge in [-0.25, -0.2) is 0 Å². The molecule has 0 N–H and O–H groups in total. The molecule has 1 aliphatic heterocycles. The van der Waals surface area contributed by atoms with Crippen molar-refractivity contribution in [3.05, 3.63) is 22.4 Å². The van der Waals surface area contributed by atoms with Gasteiger partial charge < -0.3 is 4.74 Å². The maximum Gasteiger partial charge on any atom is 0.403 e. The Bertz CT molecular complexity index is 287. The van der Waals surface area contributed by atoms with Crippen molar-refractivity contribution in [2.75, 3.05) is 13.2 Å². The van der Waals surface area contributed by atoms with E-state index < -0.39 is 11.6 Å². The van der Waals surface area contributed by atoms with Crippen molar-refractivity contribution >= 4 is 11.3 Å².